The van der Waals surface area contributed by atoms with Crippen LogP contribution in [-0.4, -0.2) is 42.5 Å². The van der Waals surface area contributed by atoms with Crippen molar-refractivity contribution in [3.05, 3.63) is 23.9 Å². The van der Waals surface area contributed by atoms with Crippen LogP contribution in [0.1, 0.15) is 18.5 Å². The highest BCUT2D eigenvalue weighted by Crippen LogP contribution is 2.23. The van der Waals surface area contributed by atoms with Gasteiger partial charge in [0, 0.05) is 30.9 Å². The van der Waals surface area contributed by atoms with Gasteiger partial charge in [-0.25, -0.2) is 4.98 Å². The number of aliphatic hydroxyl groups is 1. The lowest BCUT2D eigenvalue weighted by Crippen LogP contribution is -2.45. The Labute approximate surface area is 101 Å². The number of hydrogen-bond donors (Lipinski definition) is 2. The zero-order valence-corrected chi connectivity index (χ0v) is 10.0. The lowest BCUT2D eigenvalue weighted by atomic mass is 10.1. The summed E-state index contributed by atoms with van der Waals surface area (Å²) in [6, 6.07) is 3.84. The molecule has 1 aromatic heterocycles. The van der Waals surface area contributed by atoms with Gasteiger partial charge >= 0.3 is 0 Å². The van der Waals surface area contributed by atoms with E-state index in [9.17, 15) is 0 Å². The van der Waals surface area contributed by atoms with E-state index in [1.165, 1.54) is 0 Å². The highest BCUT2D eigenvalue weighted by molar-refractivity contribution is 5.48. The standard InChI is InChI=1S/C12H19N3O2/c1-9(13)11-3-2-4-14-12(11)15-5-6-17-10(7-15)8-16/h2-4,9-10,16H,5-8,13H2,1H3/t9-,10?/m1/s1. The number of nitrogens with two attached hydrogens (primary N) is 1. The molecule has 0 amide bonds. The molecule has 2 heterocycles. The van der Waals surface area contributed by atoms with Crippen molar-refractivity contribution in [1.82, 2.24) is 4.98 Å². The van der Waals surface area contributed by atoms with Crippen molar-refractivity contribution in [2.45, 2.75) is 19.1 Å². The number of aromatic nitrogens is 1. The summed E-state index contributed by atoms with van der Waals surface area (Å²) in [4.78, 5) is 6.53. The van der Waals surface area contributed by atoms with Gasteiger partial charge in [0.05, 0.1) is 19.3 Å². The van der Waals surface area contributed by atoms with Crippen LogP contribution in [0, 0.1) is 0 Å². The van der Waals surface area contributed by atoms with E-state index in [0.29, 0.717) is 13.2 Å². The van der Waals surface area contributed by atoms with Crippen molar-refractivity contribution in [2.24, 2.45) is 5.73 Å². The van der Waals surface area contributed by atoms with Crippen LogP contribution in [0.5, 0.6) is 0 Å². The first-order valence-electron chi connectivity index (χ1n) is 5.90. The Hall–Kier alpha value is -1.17. The monoisotopic (exact) mass is 237 g/mol. The maximum atomic E-state index is 9.14. The van der Waals surface area contributed by atoms with E-state index < -0.39 is 0 Å². The molecule has 0 bridgehead atoms. The number of nitrogens with zero attached hydrogens (tertiary/aromatic N) is 2. The Kier molecular flexibility index (Phi) is 3.93. The molecule has 94 valence electrons. The van der Waals surface area contributed by atoms with Crippen LogP contribution in [0.4, 0.5) is 5.82 Å². The summed E-state index contributed by atoms with van der Waals surface area (Å²) in [7, 11) is 0. The fourth-order valence-electron chi connectivity index (χ4n) is 2.05. The second-order valence-electron chi connectivity index (χ2n) is 4.33. The van der Waals surface area contributed by atoms with Crippen LogP contribution >= 0.6 is 0 Å². The van der Waals surface area contributed by atoms with Gasteiger partial charge in [-0.2, -0.15) is 0 Å². The number of aliphatic hydroxyl groups excluding tert-OH is 1. The Bertz CT molecular complexity index is 371. The molecule has 0 aromatic carbocycles. The maximum absolute atomic E-state index is 9.14. The average Bonchev–Trinajstić information content (AvgIpc) is 2.39. The minimum Gasteiger partial charge on any atom is -0.394 e. The van der Waals surface area contributed by atoms with Crippen molar-refractivity contribution in [3.63, 3.8) is 0 Å². The molecular formula is C12H19N3O2. The number of hydrogen-bond acceptors (Lipinski definition) is 5. The van der Waals surface area contributed by atoms with Gasteiger partial charge < -0.3 is 20.5 Å². The molecule has 5 nitrogen and oxygen atoms in total. The maximum Gasteiger partial charge on any atom is 0.133 e. The Balaban J connectivity index is 2.21. The van der Waals surface area contributed by atoms with Crippen molar-refractivity contribution < 1.29 is 9.84 Å². The summed E-state index contributed by atoms with van der Waals surface area (Å²) in [6.07, 6.45) is 1.64. The molecule has 1 saturated heterocycles. The number of morpholine rings is 1. The zero-order valence-electron chi connectivity index (χ0n) is 10.0. The topological polar surface area (TPSA) is 71.6 Å². The minimum atomic E-state index is -0.133. The zero-order chi connectivity index (χ0) is 12.3. The highest BCUT2D eigenvalue weighted by Gasteiger charge is 2.23. The molecule has 2 atom stereocenters. The number of rotatable bonds is 3. The van der Waals surface area contributed by atoms with Crippen molar-refractivity contribution >= 4 is 5.82 Å². The molecule has 0 aliphatic carbocycles. The molecule has 1 fully saturated rings. The molecule has 5 heteroatoms. The first-order chi connectivity index (χ1) is 8.22. The predicted molar refractivity (Wildman–Crippen MR) is 65.9 cm³/mol. The third kappa shape index (κ3) is 2.74. The normalized spacial score (nSPS) is 22.5. The van der Waals surface area contributed by atoms with E-state index in [1.807, 2.05) is 19.1 Å². The summed E-state index contributed by atoms with van der Waals surface area (Å²) in [5.74, 6) is 0.907. The van der Waals surface area contributed by atoms with E-state index in [2.05, 4.69) is 9.88 Å². The first kappa shape index (κ1) is 12.3. The molecular weight excluding hydrogens is 218 g/mol. The van der Waals surface area contributed by atoms with Gasteiger partial charge in [0.2, 0.25) is 0 Å². The van der Waals surface area contributed by atoms with E-state index in [0.717, 1.165) is 17.9 Å². The van der Waals surface area contributed by atoms with E-state index in [4.69, 9.17) is 15.6 Å². The first-order valence-corrected chi connectivity index (χ1v) is 5.90. The lowest BCUT2D eigenvalue weighted by Gasteiger charge is -2.34. The van der Waals surface area contributed by atoms with Crippen molar-refractivity contribution in [3.8, 4) is 0 Å². The Morgan fingerprint density at radius 1 is 1.71 bits per heavy atom. The van der Waals surface area contributed by atoms with Crippen LogP contribution in [0.15, 0.2) is 18.3 Å². The Morgan fingerprint density at radius 2 is 2.53 bits per heavy atom. The van der Waals surface area contributed by atoms with Gasteiger partial charge in [-0.1, -0.05) is 6.07 Å². The summed E-state index contributed by atoms with van der Waals surface area (Å²) < 4.78 is 5.43. The predicted octanol–water partition coefficient (Wildman–Crippen LogP) is 0.299. The van der Waals surface area contributed by atoms with Crippen LogP contribution in [0.2, 0.25) is 0 Å². The fourth-order valence-corrected chi connectivity index (χ4v) is 2.05. The fraction of sp³-hybridized carbons (Fsp3) is 0.583. The smallest absolute Gasteiger partial charge is 0.133 e. The van der Waals surface area contributed by atoms with Crippen molar-refractivity contribution in [2.75, 3.05) is 31.2 Å². The largest absolute Gasteiger partial charge is 0.394 e. The Morgan fingerprint density at radius 3 is 3.24 bits per heavy atom. The third-order valence-corrected chi connectivity index (χ3v) is 2.95. The number of anilines is 1. The van der Waals surface area contributed by atoms with E-state index >= 15 is 0 Å². The SMILES string of the molecule is C[C@@H](N)c1cccnc1N1CCOC(CO)C1. The average molecular weight is 237 g/mol. The summed E-state index contributed by atoms with van der Waals surface area (Å²) in [5, 5.41) is 9.14. The molecule has 1 aliphatic heterocycles. The molecule has 2 rings (SSSR count). The minimum absolute atomic E-state index is 0.0385. The van der Waals surface area contributed by atoms with Gasteiger partial charge in [0.25, 0.3) is 0 Å². The molecule has 0 saturated carbocycles. The molecule has 0 radical (unpaired) electrons. The molecule has 1 unspecified atom stereocenters. The molecule has 1 aromatic rings. The van der Waals surface area contributed by atoms with E-state index in [1.54, 1.807) is 6.20 Å². The highest BCUT2D eigenvalue weighted by atomic mass is 16.5. The molecule has 0 spiro atoms. The molecule has 17 heavy (non-hydrogen) atoms. The van der Waals surface area contributed by atoms with Crippen LogP contribution in [0.25, 0.3) is 0 Å². The second-order valence-corrected chi connectivity index (χ2v) is 4.33. The van der Waals surface area contributed by atoms with E-state index in [-0.39, 0.29) is 18.8 Å². The lowest BCUT2D eigenvalue weighted by molar-refractivity contribution is 0.00330. The van der Waals surface area contributed by atoms with Gasteiger partial charge in [-0.05, 0) is 13.0 Å². The summed E-state index contributed by atoms with van der Waals surface area (Å²) in [5.41, 5.74) is 6.97. The summed E-state index contributed by atoms with van der Waals surface area (Å²) in [6.45, 7) is 4.04. The summed E-state index contributed by atoms with van der Waals surface area (Å²) >= 11 is 0. The van der Waals surface area contributed by atoms with Gasteiger partial charge in [-0.15, -0.1) is 0 Å². The molecule has 3 N–H and O–H groups in total. The number of ether oxygens (including phenoxy) is 1. The third-order valence-electron chi connectivity index (χ3n) is 2.95. The number of pyridine rings is 1. The van der Waals surface area contributed by atoms with Gasteiger partial charge in [-0.3, -0.25) is 0 Å². The quantitative estimate of drug-likeness (QED) is 0.791. The van der Waals surface area contributed by atoms with Gasteiger partial charge in [0.15, 0.2) is 0 Å². The van der Waals surface area contributed by atoms with Crippen LogP contribution < -0.4 is 10.6 Å². The van der Waals surface area contributed by atoms with Gasteiger partial charge in [0.1, 0.15) is 5.82 Å². The van der Waals surface area contributed by atoms with Crippen LogP contribution in [-0.2, 0) is 4.74 Å². The second kappa shape index (κ2) is 5.44. The molecule has 1 aliphatic rings. The van der Waals surface area contributed by atoms with Crippen LogP contribution in [0.3, 0.4) is 0 Å². The van der Waals surface area contributed by atoms with Crippen molar-refractivity contribution in [1.29, 1.82) is 0 Å².